The first-order valence-electron chi connectivity index (χ1n) is 5.79. The summed E-state index contributed by atoms with van der Waals surface area (Å²) in [7, 11) is 1.56. The summed E-state index contributed by atoms with van der Waals surface area (Å²) >= 11 is 1.43. The smallest absolute Gasteiger partial charge is 0.254 e. The number of nitrogen functional groups attached to an aromatic ring is 1. The van der Waals surface area contributed by atoms with Crippen molar-refractivity contribution in [2.75, 3.05) is 12.8 Å². The fourth-order valence-corrected chi connectivity index (χ4v) is 2.52. The molecule has 0 saturated heterocycles. The van der Waals surface area contributed by atoms with Crippen LogP contribution in [0.3, 0.4) is 0 Å². The van der Waals surface area contributed by atoms with Gasteiger partial charge in [-0.3, -0.25) is 4.79 Å². The van der Waals surface area contributed by atoms with Crippen molar-refractivity contribution < 1.29 is 13.6 Å². The van der Waals surface area contributed by atoms with Crippen LogP contribution >= 0.6 is 11.3 Å². The van der Waals surface area contributed by atoms with Crippen molar-refractivity contribution >= 4 is 22.9 Å². The van der Waals surface area contributed by atoms with Crippen LogP contribution in [0.25, 0.3) is 0 Å². The predicted octanol–water partition coefficient (Wildman–Crippen LogP) is 2.58. The second-order valence-electron chi connectivity index (χ2n) is 4.38. The summed E-state index contributed by atoms with van der Waals surface area (Å²) < 4.78 is 26.7. The van der Waals surface area contributed by atoms with Crippen molar-refractivity contribution in [1.29, 1.82) is 0 Å². The standard InChI is InChI=1S/C13H13F2N3OS/c1-7-11(20-6-17-7)5-18(2)13(19)8-3-9(14)12(16)10(15)4-8/h3-4,6H,5,16H2,1-2H3. The third-order valence-electron chi connectivity index (χ3n) is 2.90. The highest BCUT2D eigenvalue weighted by Crippen LogP contribution is 2.20. The molecule has 0 aliphatic heterocycles. The number of thiazole rings is 1. The van der Waals surface area contributed by atoms with E-state index in [-0.39, 0.29) is 5.56 Å². The zero-order chi connectivity index (χ0) is 14.9. The van der Waals surface area contributed by atoms with Gasteiger partial charge in [0, 0.05) is 17.5 Å². The number of carbonyl (C=O) groups is 1. The average Bonchev–Trinajstić information content (AvgIpc) is 2.80. The van der Waals surface area contributed by atoms with E-state index in [4.69, 9.17) is 5.73 Å². The van der Waals surface area contributed by atoms with Crippen LogP contribution in [0.2, 0.25) is 0 Å². The number of benzene rings is 1. The second-order valence-corrected chi connectivity index (χ2v) is 5.32. The maximum atomic E-state index is 13.4. The normalized spacial score (nSPS) is 10.6. The van der Waals surface area contributed by atoms with Gasteiger partial charge in [0.25, 0.3) is 5.91 Å². The van der Waals surface area contributed by atoms with Crippen molar-refractivity contribution in [2.45, 2.75) is 13.5 Å². The SMILES string of the molecule is Cc1ncsc1CN(C)C(=O)c1cc(F)c(N)c(F)c1. The van der Waals surface area contributed by atoms with E-state index in [0.29, 0.717) is 6.54 Å². The Hall–Kier alpha value is -2.02. The molecular formula is C13H13F2N3OS. The minimum Gasteiger partial charge on any atom is -0.394 e. The van der Waals surface area contributed by atoms with Gasteiger partial charge in [0.05, 0.1) is 17.7 Å². The lowest BCUT2D eigenvalue weighted by Crippen LogP contribution is -2.26. The lowest BCUT2D eigenvalue weighted by molar-refractivity contribution is 0.0785. The van der Waals surface area contributed by atoms with Gasteiger partial charge in [-0.1, -0.05) is 0 Å². The Kier molecular flexibility index (Phi) is 3.99. The predicted molar refractivity (Wildman–Crippen MR) is 73.4 cm³/mol. The number of nitrogens with two attached hydrogens (primary N) is 1. The Morgan fingerprint density at radius 1 is 1.40 bits per heavy atom. The molecule has 1 aromatic heterocycles. The van der Waals surface area contributed by atoms with Crippen molar-refractivity contribution in [2.24, 2.45) is 0 Å². The van der Waals surface area contributed by atoms with Gasteiger partial charge in [-0.25, -0.2) is 13.8 Å². The number of aromatic nitrogens is 1. The van der Waals surface area contributed by atoms with E-state index in [2.05, 4.69) is 4.98 Å². The summed E-state index contributed by atoms with van der Waals surface area (Å²) in [5.41, 5.74) is 7.05. The van der Waals surface area contributed by atoms with E-state index in [1.165, 1.54) is 16.2 Å². The number of halogens is 2. The monoisotopic (exact) mass is 297 g/mol. The van der Waals surface area contributed by atoms with Crippen LogP contribution in [-0.2, 0) is 6.54 Å². The average molecular weight is 297 g/mol. The molecule has 7 heteroatoms. The molecule has 2 N–H and O–H groups in total. The van der Waals surface area contributed by atoms with E-state index in [1.807, 2.05) is 6.92 Å². The quantitative estimate of drug-likeness (QED) is 0.886. The number of amides is 1. The molecule has 0 aliphatic carbocycles. The third-order valence-corrected chi connectivity index (χ3v) is 3.82. The fraction of sp³-hybridized carbons (Fsp3) is 0.231. The Bertz CT molecular complexity index is 634. The Balaban J connectivity index is 2.21. The third kappa shape index (κ3) is 2.77. The summed E-state index contributed by atoms with van der Waals surface area (Å²) in [6, 6.07) is 1.88. The van der Waals surface area contributed by atoms with Gasteiger partial charge >= 0.3 is 0 Å². The molecule has 4 nitrogen and oxygen atoms in total. The van der Waals surface area contributed by atoms with Crippen molar-refractivity contribution in [1.82, 2.24) is 9.88 Å². The lowest BCUT2D eigenvalue weighted by atomic mass is 10.1. The molecule has 0 radical (unpaired) electrons. The summed E-state index contributed by atoms with van der Waals surface area (Å²) in [6.07, 6.45) is 0. The first-order chi connectivity index (χ1) is 9.40. The van der Waals surface area contributed by atoms with Gasteiger partial charge in [-0.2, -0.15) is 0 Å². The largest absolute Gasteiger partial charge is 0.394 e. The Morgan fingerprint density at radius 2 is 2.00 bits per heavy atom. The number of hydrogen-bond donors (Lipinski definition) is 1. The Morgan fingerprint density at radius 3 is 2.50 bits per heavy atom. The van der Waals surface area contributed by atoms with Crippen LogP contribution in [0, 0.1) is 18.6 Å². The molecule has 106 valence electrons. The summed E-state index contributed by atoms with van der Waals surface area (Å²) in [6.45, 7) is 2.18. The first-order valence-corrected chi connectivity index (χ1v) is 6.67. The highest BCUT2D eigenvalue weighted by Gasteiger charge is 2.17. The van der Waals surface area contributed by atoms with E-state index in [9.17, 15) is 13.6 Å². The van der Waals surface area contributed by atoms with Crippen LogP contribution in [-0.4, -0.2) is 22.8 Å². The molecule has 20 heavy (non-hydrogen) atoms. The van der Waals surface area contributed by atoms with E-state index in [0.717, 1.165) is 22.7 Å². The first kappa shape index (κ1) is 14.4. The van der Waals surface area contributed by atoms with Crippen LogP contribution in [0.4, 0.5) is 14.5 Å². The van der Waals surface area contributed by atoms with Gasteiger partial charge in [0.1, 0.15) is 17.3 Å². The van der Waals surface area contributed by atoms with Crippen molar-refractivity contribution in [3.05, 3.63) is 45.4 Å². The van der Waals surface area contributed by atoms with Gasteiger partial charge in [-0.15, -0.1) is 11.3 Å². The van der Waals surface area contributed by atoms with E-state index < -0.39 is 23.2 Å². The molecule has 2 rings (SSSR count). The summed E-state index contributed by atoms with van der Waals surface area (Å²) in [5, 5.41) is 0. The molecule has 0 saturated carbocycles. The van der Waals surface area contributed by atoms with Crippen LogP contribution in [0.1, 0.15) is 20.9 Å². The highest BCUT2D eigenvalue weighted by atomic mass is 32.1. The van der Waals surface area contributed by atoms with E-state index in [1.54, 1.807) is 12.6 Å². The van der Waals surface area contributed by atoms with Crippen molar-refractivity contribution in [3.8, 4) is 0 Å². The molecule has 1 amide bonds. The Labute approximate surface area is 118 Å². The number of carbonyl (C=O) groups excluding carboxylic acids is 1. The van der Waals surface area contributed by atoms with Crippen molar-refractivity contribution in [3.63, 3.8) is 0 Å². The fourth-order valence-electron chi connectivity index (χ4n) is 1.69. The number of nitrogens with zero attached hydrogens (tertiary/aromatic N) is 2. The maximum absolute atomic E-state index is 13.4. The van der Waals surface area contributed by atoms with Gasteiger partial charge in [-0.05, 0) is 19.1 Å². The molecule has 0 bridgehead atoms. The van der Waals surface area contributed by atoms with E-state index >= 15 is 0 Å². The highest BCUT2D eigenvalue weighted by molar-refractivity contribution is 7.09. The minimum absolute atomic E-state index is 0.0705. The second kappa shape index (κ2) is 5.54. The molecule has 0 aliphatic rings. The lowest BCUT2D eigenvalue weighted by Gasteiger charge is -2.17. The van der Waals surface area contributed by atoms with Crippen LogP contribution in [0.15, 0.2) is 17.6 Å². The van der Waals surface area contributed by atoms with Gasteiger partial charge in [0.2, 0.25) is 0 Å². The van der Waals surface area contributed by atoms with Crippen LogP contribution in [0.5, 0.6) is 0 Å². The summed E-state index contributed by atoms with van der Waals surface area (Å²) in [4.78, 5) is 18.5. The minimum atomic E-state index is -0.935. The zero-order valence-electron chi connectivity index (χ0n) is 11.0. The zero-order valence-corrected chi connectivity index (χ0v) is 11.8. The molecule has 0 unspecified atom stereocenters. The number of hydrogen-bond acceptors (Lipinski definition) is 4. The summed E-state index contributed by atoms with van der Waals surface area (Å²) in [5.74, 6) is -2.35. The number of rotatable bonds is 3. The molecule has 2 aromatic rings. The maximum Gasteiger partial charge on any atom is 0.254 e. The molecular weight excluding hydrogens is 284 g/mol. The topological polar surface area (TPSA) is 59.2 Å². The van der Waals surface area contributed by atoms with Crippen LogP contribution < -0.4 is 5.73 Å². The number of anilines is 1. The molecule has 1 aromatic carbocycles. The molecule has 1 heterocycles. The van der Waals surface area contributed by atoms with Gasteiger partial charge in [0.15, 0.2) is 0 Å². The van der Waals surface area contributed by atoms with Gasteiger partial charge < -0.3 is 10.6 Å². The molecule has 0 fully saturated rings. The molecule has 0 atom stereocenters. The molecule has 0 spiro atoms. The number of aryl methyl sites for hydroxylation is 1.